The first kappa shape index (κ1) is 15.8. The van der Waals surface area contributed by atoms with Crippen molar-refractivity contribution >= 4 is 11.6 Å². The van der Waals surface area contributed by atoms with Crippen molar-refractivity contribution in [3.8, 4) is 0 Å². The second-order valence-corrected chi connectivity index (χ2v) is 5.64. The van der Waals surface area contributed by atoms with Gasteiger partial charge < -0.3 is 20.5 Å². The number of nitrogens with zero attached hydrogens (tertiary/aromatic N) is 2. The molecule has 0 bridgehead atoms. The molecule has 0 aromatic carbocycles. The van der Waals surface area contributed by atoms with Gasteiger partial charge in [0.1, 0.15) is 0 Å². The quantitative estimate of drug-likeness (QED) is 0.743. The van der Waals surface area contributed by atoms with Gasteiger partial charge in [0.25, 0.3) is 5.91 Å². The zero-order chi connectivity index (χ0) is 15.4. The van der Waals surface area contributed by atoms with Crippen LogP contribution >= 0.6 is 0 Å². The third-order valence-electron chi connectivity index (χ3n) is 3.79. The molecule has 1 aromatic rings. The number of carbonyl (C=O) groups excluding carboxylic acids is 1. The summed E-state index contributed by atoms with van der Waals surface area (Å²) >= 11 is 0. The Morgan fingerprint density at radius 1 is 1.52 bits per heavy atom. The molecule has 1 saturated heterocycles. The van der Waals surface area contributed by atoms with E-state index in [1.54, 1.807) is 4.90 Å². The molecule has 0 unspecified atom stereocenters. The number of ether oxygens (including phenoxy) is 1. The van der Waals surface area contributed by atoms with Crippen LogP contribution in [-0.4, -0.2) is 58.5 Å². The van der Waals surface area contributed by atoms with Crippen LogP contribution < -0.4 is 5.73 Å². The number of nitrogens with two attached hydrogens (primary N) is 1. The maximum atomic E-state index is 12.5. The van der Waals surface area contributed by atoms with E-state index >= 15 is 0 Å². The van der Waals surface area contributed by atoms with Gasteiger partial charge in [-0.3, -0.25) is 9.89 Å². The second kappa shape index (κ2) is 6.91. The Morgan fingerprint density at radius 2 is 2.19 bits per heavy atom. The lowest BCUT2D eigenvalue weighted by atomic mass is 10.1. The maximum absolute atomic E-state index is 12.5. The molecule has 4 N–H and O–H groups in total. The Labute approximate surface area is 124 Å². The molecule has 0 radical (unpaired) electrons. The van der Waals surface area contributed by atoms with Crippen LogP contribution in [0.15, 0.2) is 0 Å². The van der Waals surface area contributed by atoms with Crippen molar-refractivity contribution in [3.63, 3.8) is 0 Å². The average Bonchev–Trinajstić information content (AvgIpc) is 2.87. The first-order chi connectivity index (χ1) is 10.0. The molecular weight excluding hydrogens is 272 g/mol. The number of anilines is 1. The van der Waals surface area contributed by atoms with Crippen molar-refractivity contribution in [2.75, 3.05) is 32.0 Å². The van der Waals surface area contributed by atoms with Gasteiger partial charge in [0, 0.05) is 13.1 Å². The number of aliphatic hydroxyl groups excluding tert-OH is 1. The molecule has 118 valence electrons. The van der Waals surface area contributed by atoms with Gasteiger partial charge in [0.15, 0.2) is 5.69 Å². The summed E-state index contributed by atoms with van der Waals surface area (Å²) in [4.78, 5) is 14.2. The fourth-order valence-electron chi connectivity index (χ4n) is 2.56. The summed E-state index contributed by atoms with van der Waals surface area (Å²) in [7, 11) is 0. The van der Waals surface area contributed by atoms with Gasteiger partial charge in [-0.15, -0.1) is 0 Å². The number of aromatic nitrogens is 2. The average molecular weight is 296 g/mol. The maximum Gasteiger partial charge on any atom is 0.276 e. The summed E-state index contributed by atoms with van der Waals surface area (Å²) < 4.78 is 5.49. The molecule has 7 heteroatoms. The highest BCUT2D eigenvalue weighted by atomic mass is 16.5. The van der Waals surface area contributed by atoms with Crippen molar-refractivity contribution in [1.29, 1.82) is 0 Å². The predicted octanol–water partition coefficient (Wildman–Crippen LogP) is 0.729. The Morgan fingerprint density at radius 3 is 2.71 bits per heavy atom. The van der Waals surface area contributed by atoms with Gasteiger partial charge in [-0.2, -0.15) is 5.10 Å². The van der Waals surface area contributed by atoms with E-state index in [0.29, 0.717) is 31.1 Å². The standard InChI is InChI=1S/C14H24N4O3/c1-9(2)12-11(15)13(17-16-12)14(20)18-5-3-10(4-6-18)21-8-7-19/h9-10,19H,3-8,15H2,1-2H3,(H,16,17). The van der Waals surface area contributed by atoms with E-state index in [1.807, 2.05) is 13.8 Å². The third-order valence-corrected chi connectivity index (χ3v) is 3.79. The lowest BCUT2D eigenvalue weighted by Gasteiger charge is -2.31. The van der Waals surface area contributed by atoms with Crippen LogP contribution in [0.1, 0.15) is 48.8 Å². The number of nitrogen functional groups attached to an aromatic ring is 1. The fraction of sp³-hybridized carbons (Fsp3) is 0.714. The Balaban J connectivity index is 1.96. The minimum atomic E-state index is -0.128. The van der Waals surface area contributed by atoms with E-state index in [0.717, 1.165) is 18.5 Å². The van der Waals surface area contributed by atoms with Crippen LogP contribution in [0, 0.1) is 0 Å². The fourth-order valence-corrected chi connectivity index (χ4v) is 2.56. The summed E-state index contributed by atoms with van der Waals surface area (Å²) in [5.41, 5.74) is 7.58. The number of piperidine rings is 1. The monoisotopic (exact) mass is 296 g/mol. The van der Waals surface area contributed by atoms with Crippen LogP contribution in [0.2, 0.25) is 0 Å². The summed E-state index contributed by atoms with van der Waals surface area (Å²) in [6.07, 6.45) is 1.66. The van der Waals surface area contributed by atoms with Crippen molar-refractivity contribution in [3.05, 3.63) is 11.4 Å². The molecule has 1 aliphatic rings. The number of amides is 1. The highest BCUT2D eigenvalue weighted by molar-refractivity contribution is 5.97. The first-order valence-electron chi connectivity index (χ1n) is 7.40. The number of likely N-dealkylation sites (tertiary alicyclic amines) is 1. The molecule has 1 amide bonds. The smallest absolute Gasteiger partial charge is 0.276 e. The molecule has 0 spiro atoms. The van der Waals surface area contributed by atoms with Gasteiger partial charge in [-0.1, -0.05) is 13.8 Å². The first-order valence-corrected chi connectivity index (χ1v) is 7.40. The van der Waals surface area contributed by atoms with Crippen LogP contribution in [0.3, 0.4) is 0 Å². The van der Waals surface area contributed by atoms with Crippen LogP contribution in [0.25, 0.3) is 0 Å². The molecule has 0 atom stereocenters. The molecule has 1 aliphatic heterocycles. The van der Waals surface area contributed by atoms with E-state index in [-0.39, 0.29) is 24.5 Å². The number of carbonyl (C=O) groups is 1. The number of rotatable bonds is 5. The number of H-pyrrole nitrogens is 1. The number of hydrogen-bond acceptors (Lipinski definition) is 5. The van der Waals surface area contributed by atoms with Crippen molar-refractivity contribution in [1.82, 2.24) is 15.1 Å². The molecule has 1 aromatic heterocycles. The minimum absolute atomic E-state index is 0.0287. The van der Waals surface area contributed by atoms with E-state index in [9.17, 15) is 4.79 Å². The highest BCUT2D eigenvalue weighted by Gasteiger charge is 2.27. The van der Waals surface area contributed by atoms with E-state index in [2.05, 4.69) is 10.2 Å². The number of hydrogen-bond donors (Lipinski definition) is 3. The van der Waals surface area contributed by atoms with Gasteiger partial charge in [0.05, 0.1) is 30.7 Å². The SMILES string of the molecule is CC(C)c1[nH]nc(C(=O)N2CCC(OCCO)CC2)c1N. The molecule has 21 heavy (non-hydrogen) atoms. The van der Waals surface area contributed by atoms with Crippen LogP contribution in [-0.2, 0) is 4.74 Å². The minimum Gasteiger partial charge on any atom is -0.395 e. The van der Waals surface area contributed by atoms with Crippen LogP contribution in [0.5, 0.6) is 0 Å². The summed E-state index contributed by atoms with van der Waals surface area (Å²) in [6, 6.07) is 0. The highest BCUT2D eigenvalue weighted by Crippen LogP contribution is 2.24. The third kappa shape index (κ3) is 3.54. The molecule has 0 saturated carbocycles. The Bertz CT molecular complexity index is 479. The molecular formula is C14H24N4O3. The van der Waals surface area contributed by atoms with Gasteiger partial charge in [-0.05, 0) is 18.8 Å². The summed E-state index contributed by atoms with van der Waals surface area (Å²) in [5, 5.41) is 15.7. The van der Waals surface area contributed by atoms with Gasteiger partial charge in [-0.25, -0.2) is 0 Å². The topological polar surface area (TPSA) is 104 Å². The number of aromatic amines is 1. The molecule has 1 fully saturated rings. The summed E-state index contributed by atoms with van der Waals surface area (Å²) in [6.45, 7) is 5.63. The zero-order valence-corrected chi connectivity index (χ0v) is 12.6. The molecule has 0 aliphatic carbocycles. The molecule has 2 heterocycles. The number of aliphatic hydroxyl groups is 1. The van der Waals surface area contributed by atoms with Crippen molar-refractivity contribution in [2.24, 2.45) is 0 Å². The van der Waals surface area contributed by atoms with Gasteiger partial charge in [0.2, 0.25) is 0 Å². The normalized spacial score (nSPS) is 16.7. The van der Waals surface area contributed by atoms with E-state index in [1.165, 1.54) is 0 Å². The Hall–Kier alpha value is -1.60. The van der Waals surface area contributed by atoms with E-state index in [4.69, 9.17) is 15.6 Å². The summed E-state index contributed by atoms with van der Waals surface area (Å²) in [5.74, 6) is 0.0768. The van der Waals surface area contributed by atoms with Gasteiger partial charge >= 0.3 is 0 Å². The van der Waals surface area contributed by atoms with Crippen molar-refractivity contribution < 1.29 is 14.6 Å². The van der Waals surface area contributed by atoms with Crippen LogP contribution in [0.4, 0.5) is 5.69 Å². The van der Waals surface area contributed by atoms with Crippen molar-refractivity contribution in [2.45, 2.75) is 38.7 Å². The Kier molecular flexibility index (Phi) is 5.19. The zero-order valence-electron chi connectivity index (χ0n) is 12.6. The molecule has 2 rings (SSSR count). The molecule has 7 nitrogen and oxygen atoms in total. The lowest BCUT2D eigenvalue weighted by molar-refractivity contribution is -0.00562. The number of nitrogens with one attached hydrogen (secondary N) is 1. The second-order valence-electron chi connectivity index (χ2n) is 5.64. The lowest BCUT2D eigenvalue weighted by Crippen LogP contribution is -2.41. The predicted molar refractivity (Wildman–Crippen MR) is 79.1 cm³/mol. The largest absolute Gasteiger partial charge is 0.395 e. The van der Waals surface area contributed by atoms with E-state index < -0.39 is 0 Å².